The van der Waals surface area contributed by atoms with E-state index in [9.17, 15) is 14.4 Å². The maximum atomic E-state index is 13.2. The molecule has 1 aliphatic heterocycles. The second-order valence-electron chi connectivity index (χ2n) is 8.77. The molecule has 1 atom stereocenters. The molecule has 1 aliphatic rings. The van der Waals surface area contributed by atoms with E-state index in [0.29, 0.717) is 34.9 Å². The number of nitrogens with zero attached hydrogens (tertiary/aromatic N) is 2. The van der Waals surface area contributed by atoms with Crippen molar-refractivity contribution in [1.29, 1.82) is 0 Å². The van der Waals surface area contributed by atoms with Crippen LogP contribution in [-0.4, -0.2) is 61.4 Å². The Balaban J connectivity index is 1.83. The number of amides is 2. The minimum absolute atomic E-state index is 0.0916. The first-order valence-electron chi connectivity index (χ1n) is 11.7. The largest absolute Gasteiger partial charge is 0.463 e. The number of esters is 1. The zero-order valence-corrected chi connectivity index (χ0v) is 21.4. The topological polar surface area (TPSA) is 79.0 Å². The normalized spacial score (nSPS) is 16.0. The quantitative estimate of drug-likeness (QED) is 0.530. The summed E-state index contributed by atoms with van der Waals surface area (Å²) in [6.45, 7) is 5.37. The number of nitrogens with one attached hydrogen (secondary N) is 1. The molecule has 2 aromatic carbocycles. The lowest BCUT2D eigenvalue weighted by molar-refractivity contribution is -0.140. The zero-order valence-electron chi connectivity index (χ0n) is 20.6. The molecule has 0 bridgehead atoms. The summed E-state index contributed by atoms with van der Waals surface area (Å²) in [6.07, 6.45) is 0.137. The van der Waals surface area contributed by atoms with E-state index in [1.165, 1.54) is 0 Å². The van der Waals surface area contributed by atoms with E-state index in [-0.39, 0.29) is 24.8 Å². The zero-order chi connectivity index (χ0) is 25.5. The van der Waals surface area contributed by atoms with Crippen molar-refractivity contribution < 1.29 is 19.1 Å². The number of benzene rings is 2. The Bertz CT molecular complexity index is 1110. The van der Waals surface area contributed by atoms with Gasteiger partial charge in [-0.25, -0.2) is 4.79 Å². The third-order valence-corrected chi connectivity index (χ3v) is 6.21. The highest BCUT2D eigenvalue weighted by Crippen LogP contribution is 2.38. The van der Waals surface area contributed by atoms with E-state index in [4.69, 9.17) is 16.3 Å². The Morgan fingerprint density at radius 1 is 1.17 bits per heavy atom. The molecule has 0 aliphatic carbocycles. The van der Waals surface area contributed by atoms with Gasteiger partial charge >= 0.3 is 5.97 Å². The molecule has 0 radical (unpaired) electrons. The van der Waals surface area contributed by atoms with Crippen LogP contribution in [0.15, 0.2) is 59.8 Å². The smallest absolute Gasteiger partial charge is 0.336 e. The highest BCUT2D eigenvalue weighted by atomic mass is 35.5. The van der Waals surface area contributed by atoms with Crippen molar-refractivity contribution in [3.63, 3.8) is 0 Å². The molecule has 2 amide bonds. The van der Waals surface area contributed by atoms with Crippen molar-refractivity contribution >= 4 is 29.4 Å². The summed E-state index contributed by atoms with van der Waals surface area (Å²) in [5.41, 5.74) is 3.24. The second kappa shape index (κ2) is 12.0. The Morgan fingerprint density at radius 3 is 2.51 bits per heavy atom. The van der Waals surface area contributed by atoms with Crippen molar-refractivity contribution in [2.75, 3.05) is 33.8 Å². The molecule has 8 heteroatoms. The Hall–Kier alpha value is -3.16. The highest BCUT2D eigenvalue weighted by Gasteiger charge is 2.37. The summed E-state index contributed by atoms with van der Waals surface area (Å²) >= 11 is 6.18. The SMILES string of the molecule is CCOC(=O)C1=C(C)N(Cc2ccc(C(=O)NCCN(C)C)cc2)C(=O)CC1c1cccc(Cl)c1. The fourth-order valence-corrected chi connectivity index (χ4v) is 4.32. The minimum Gasteiger partial charge on any atom is -0.463 e. The van der Waals surface area contributed by atoms with Crippen LogP contribution in [0.25, 0.3) is 0 Å². The van der Waals surface area contributed by atoms with Gasteiger partial charge in [0, 0.05) is 41.7 Å². The van der Waals surface area contributed by atoms with Crippen molar-refractivity contribution in [3.05, 3.63) is 81.5 Å². The average molecular weight is 498 g/mol. The molecule has 3 rings (SSSR count). The fourth-order valence-electron chi connectivity index (χ4n) is 4.12. The number of allylic oxidation sites excluding steroid dienone is 1. The van der Waals surface area contributed by atoms with Crippen LogP contribution in [0.4, 0.5) is 0 Å². The lowest BCUT2D eigenvalue weighted by Crippen LogP contribution is -2.38. The molecule has 1 unspecified atom stereocenters. The second-order valence-corrected chi connectivity index (χ2v) is 9.20. The minimum atomic E-state index is -0.433. The van der Waals surface area contributed by atoms with Crippen LogP contribution < -0.4 is 5.32 Å². The number of halogens is 1. The molecule has 1 N–H and O–H groups in total. The number of hydrogen-bond donors (Lipinski definition) is 1. The molecule has 0 fully saturated rings. The van der Waals surface area contributed by atoms with Gasteiger partial charge in [0.05, 0.1) is 18.7 Å². The molecule has 2 aromatic rings. The highest BCUT2D eigenvalue weighted by molar-refractivity contribution is 6.30. The van der Waals surface area contributed by atoms with Gasteiger partial charge in [-0.2, -0.15) is 0 Å². The third kappa shape index (κ3) is 6.71. The number of carbonyl (C=O) groups is 3. The van der Waals surface area contributed by atoms with Crippen molar-refractivity contribution in [2.45, 2.75) is 32.7 Å². The molecule has 0 saturated carbocycles. The van der Waals surface area contributed by atoms with Gasteiger partial charge in [-0.05, 0) is 63.3 Å². The summed E-state index contributed by atoms with van der Waals surface area (Å²) in [6, 6.07) is 14.4. The fraction of sp³-hybridized carbons (Fsp3) is 0.370. The number of rotatable bonds is 9. The molecule has 0 saturated heterocycles. The Morgan fingerprint density at radius 2 is 1.89 bits per heavy atom. The monoisotopic (exact) mass is 497 g/mol. The first-order valence-corrected chi connectivity index (χ1v) is 12.0. The lowest BCUT2D eigenvalue weighted by Gasteiger charge is -2.34. The van der Waals surface area contributed by atoms with Crippen molar-refractivity contribution in [2.24, 2.45) is 0 Å². The predicted molar refractivity (Wildman–Crippen MR) is 136 cm³/mol. The standard InChI is InChI=1S/C27H32ClN3O4/c1-5-35-27(34)25-18(2)31(24(32)16-23(25)21-7-6-8-22(28)15-21)17-19-9-11-20(12-10-19)26(33)29-13-14-30(3)4/h6-12,15,23H,5,13-14,16-17H2,1-4H3,(H,29,33). The summed E-state index contributed by atoms with van der Waals surface area (Å²) < 4.78 is 5.34. The molecule has 0 spiro atoms. The Kier molecular flexibility index (Phi) is 9.07. The number of carbonyl (C=O) groups excluding carboxylic acids is 3. The van der Waals surface area contributed by atoms with Crippen LogP contribution in [0, 0.1) is 0 Å². The van der Waals surface area contributed by atoms with Crippen molar-refractivity contribution in [1.82, 2.24) is 15.1 Å². The molecular formula is C27H32ClN3O4. The van der Waals surface area contributed by atoms with Gasteiger partial charge in [0.1, 0.15) is 0 Å². The van der Waals surface area contributed by atoms with Gasteiger partial charge in [0.25, 0.3) is 5.91 Å². The summed E-state index contributed by atoms with van der Waals surface area (Å²) in [5, 5.41) is 3.43. The van der Waals surface area contributed by atoms with E-state index >= 15 is 0 Å². The van der Waals surface area contributed by atoms with Gasteiger partial charge in [-0.3, -0.25) is 9.59 Å². The van der Waals surface area contributed by atoms with Crippen molar-refractivity contribution in [3.8, 4) is 0 Å². The van der Waals surface area contributed by atoms with Gasteiger partial charge in [-0.1, -0.05) is 35.9 Å². The van der Waals surface area contributed by atoms with Gasteiger partial charge in [-0.15, -0.1) is 0 Å². The average Bonchev–Trinajstić information content (AvgIpc) is 2.81. The first-order chi connectivity index (χ1) is 16.7. The Labute approximate surface area is 211 Å². The van der Waals surface area contributed by atoms with Crippen LogP contribution >= 0.6 is 11.6 Å². The van der Waals surface area contributed by atoms with Gasteiger partial charge in [0.2, 0.25) is 5.91 Å². The number of ether oxygens (including phenoxy) is 1. The maximum Gasteiger partial charge on any atom is 0.336 e. The van der Waals surface area contributed by atoms with E-state index in [1.54, 1.807) is 43.0 Å². The molecular weight excluding hydrogens is 466 g/mol. The van der Waals surface area contributed by atoms with Crippen LogP contribution in [0.5, 0.6) is 0 Å². The molecule has 0 aromatic heterocycles. The lowest BCUT2D eigenvalue weighted by atomic mass is 9.83. The van der Waals surface area contributed by atoms with Gasteiger partial charge in [0.15, 0.2) is 0 Å². The predicted octanol–water partition coefficient (Wildman–Crippen LogP) is 3.98. The third-order valence-electron chi connectivity index (χ3n) is 5.97. The summed E-state index contributed by atoms with van der Waals surface area (Å²) in [5.74, 6) is -1.09. The number of likely N-dealkylation sites (N-methyl/N-ethyl adjacent to an activating group) is 1. The van der Waals surface area contributed by atoms with Crippen LogP contribution in [0.2, 0.25) is 5.02 Å². The molecule has 186 valence electrons. The van der Waals surface area contributed by atoms with Crippen LogP contribution in [0.1, 0.15) is 47.7 Å². The van der Waals surface area contributed by atoms with Crippen LogP contribution in [-0.2, 0) is 20.9 Å². The molecule has 1 heterocycles. The molecule has 35 heavy (non-hydrogen) atoms. The first kappa shape index (κ1) is 26.4. The van der Waals surface area contributed by atoms with E-state index in [0.717, 1.165) is 17.7 Å². The summed E-state index contributed by atoms with van der Waals surface area (Å²) in [4.78, 5) is 42.1. The van der Waals surface area contributed by atoms with E-state index in [2.05, 4.69) is 5.32 Å². The summed E-state index contributed by atoms with van der Waals surface area (Å²) in [7, 11) is 3.90. The van der Waals surface area contributed by atoms with Gasteiger partial charge < -0.3 is 19.9 Å². The van der Waals surface area contributed by atoms with Crippen LogP contribution in [0.3, 0.4) is 0 Å². The maximum absolute atomic E-state index is 13.2. The number of hydrogen-bond acceptors (Lipinski definition) is 5. The van der Waals surface area contributed by atoms with E-state index < -0.39 is 11.9 Å². The van der Waals surface area contributed by atoms with E-state index in [1.807, 2.05) is 43.3 Å². The molecule has 7 nitrogen and oxygen atoms in total.